The highest BCUT2D eigenvalue weighted by molar-refractivity contribution is 6.40. The predicted molar refractivity (Wildman–Crippen MR) is 84.4 cm³/mol. The SMILES string of the molecule is C=CC12CCC(CC1OC(=O)C(=O)c1ccccc1)C2(C)C. The Bertz CT molecular complexity index is 617. The van der Waals surface area contributed by atoms with Gasteiger partial charge >= 0.3 is 5.97 Å². The Kier molecular flexibility index (Phi) is 3.47. The topological polar surface area (TPSA) is 43.4 Å². The molecule has 0 radical (unpaired) electrons. The van der Waals surface area contributed by atoms with Gasteiger partial charge in [-0.25, -0.2) is 4.79 Å². The fraction of sp³-hybridized carbons (Fsp3) is 0.474. The first kappa shape index (κ1) is 15.0. The number of hydrogen-bond donors (Lipinski definition) is 0. The molecular weight excluding hydrogens is 276 g/mol. The van der Waals surface area contributed by atoms with Crippen LogP contribution < -0.4 is 0 Å². The van der Waals surface area contributed by atoms with Crippen molar-refractivity contribution in [3.63, 3.8) is 0 Å². The molecule has 0 spiro atoms. The van der Waals surface area contributed by atoms with Crippen LogP contribution in [0.1, 0.15) is 43.5 Å². The van der Waals surface area contributed by atoms with Crippen LogP contribution in [0.25, 0.3) is 0 Å². The summed E-state index contributed by atoms with van der Waals surface area (Å²) in [4.78, 5) is 24.4. The number of ketones is 1. The molecular formula is C19H22O3. The molecule has 1 aromatic rings. The van der Waals surface area contributed by atoms with Crippen molar-refractivity contribution in [2.75, 3.05) is 0 Å². The lowest BCUT2D eigenvalue weighted by atomic mass is 9.68. The number of hydrogen-bond acceptors (Lipinski definition) is 3. The summed E-state index contributed by atoms with van der Waals surface area (Å²) in [5.74, 6) is -0.795. The fourth-order valence-corrected chi connectivity index (χ4v) is 4.47. The molecule has 3 heteroatoms. The van der Waals surface area contributed by atoms with Crippen LogP contribution in [-0.4, -0.2) is 17.9 Å². The van der Waals surface area contributed by atoms with Crippen LogP contribution in [0.3, 0.4) is 0 Å². The molecule has 0 aliphatic heterocycles. The van der Waals surface area contributed by atoms with E-state index >= 15 is 0 Å². The smallest absolute Gasteiger partial charge is 0.379 e. The second kappa shape index (κ2) is 5.08. The number of fused-ring (bicyclic) bond motifs is 2. The van der Waals surface area contributed by atoms with Crippen molar-refractivity contribution in [1.82, 2.24) is 0 Å². The van der Waals surface area contributed by atoms with Crippen molar-refractivity contribution >= 4 is 11.8 Å². The molecule has 3 atom stereocenters. The van der Waals surface area contributed by atoms with E-state index < -0.39 is 11.8 Å². The van der Waals surface area contributed by atoms with Gasteiger partial charge < -0.3 is 4.74 Å². The van der Waals surface area contributed by atoms with E-state index in [9.17, 15) is 9.59 Å². The molecule has 0 amide bonds. The number of rotatable bonds is 4. The van der Waals surface area contributed by atoms with Gasteiger partial charge in [0.25, 0.3) is 5.78 Å². The Hall–Kier alpha value is -1.90. The Morgan fingerprint density at radius 2 is 1.95 bits per heavy atom. The summed E-state index contributed by atoms with van der Waals surface area (Å²) < 4.78 is 5.63. The molecule has 116 valence electrons. The van der Waals surface area contributed by atoms with Crippen molar-refractivity contribution < 1.29 is 14.3 Å². The number of carbonyl (C=O) groups excluding carboxylic acids is 2. The van der Waals surface area contributed by atoms with Crippen molar-refractivity contribution in [3.8, 4) is 0 Å². The van der Waals surface area contributed by atoms with Crippen LogP contribution in [0.5, 0.6) is 0 Å². The van der Waals surface area contributed by atoms with Crippen LogP contribution in [0, 0.1) is 16.7 Å². The number of Topliss-reactive ketones (excluding diaryl/α,β-unsaturated/α-hetero) is 1. The van der Waals surface area contributed by atoms with E-state index in [1.807, 2.05) is 12.1 Å². The van der Waals surface area contributed by atoms with E-state index in [1.54, 1.807) is 24.3 Å². The molecule has 22 heavy (non-hydrogen) atoms. The van der Waals surface area contributed by atoms with Crippen molar-refractivity contribution in [2.45, 2.75) is 39.2 Å². The van der Waals surface area contributed by atoms with E-state index in [4.69, 9.17) is 4.74 Å². The first-order valence-electron chi connectivity index (χ1n) is 7.86. The number of ether oxygens (including phenoxy) is 1. The second-order valence-electron chi connectivity index (χ2n) is 7.03. The first-order chi connectivity index (χ1) is 10.4. The van der Waals surface area contributed by atoms with Gasteiger partial charge in [-0.1, -0.05) is 50.3 Å². The van der Waals surface area contributed by atoms with E-state index in [0.717, 1.165) is 19.3 Å². The normalized spacial score (nSPS) is 31.7. The van der Waals surface area contributed by atoms with Gasteiger partial charge in [0, 0.05) is 11.0 Å². The van der Waals surface area contributed by atoms with Crippen LogP contribution in [0.4, 0.5) is 0 Å². The summed E-state index contributed by atoms with van der Waals surface area (Å²) in [6.07, 6.45) is 4.65. The summed E-state index contributed by atoms with van der Waals surface area (Å²) in [5, 5.41) is 0. The zero-order valence-corrected chi connectivity index (χ0v) is 13.2. The minimum absolute atomic E-state index is 0.0650. The summed E-state index contributed by atoms with van der Waals surface area (Å²) in [6.45, 7) is 8.44. The lowest BCUT2D eigenvalue weighted by Crippen LogP contribution is -2.40. The third-order valence-corrected chi connectivity index (χ3v) is 6.03. The van der Waals surface area contributed by atoms with Gasteiger partial charge in [-0.15, -0.1) is 6.58 Å². The quantitative estimate of drug-likeness (QED) is 0.367. The Balaban J connectivity index is 1.78. The standard InChI is InChI=1S/C19H22O3/c1-4-19-11-10-14(18(19,2)3)12-15(19)22-17(21)16(20)13-8-6-5-7-9-13/h4-9,14-15H,1,10-12H2,2-3H3. The Morgan fingerprint density at radius 1 is 1.27 bits per heavy atom. The lowest BCUT2D eigenvalue weighted by molar-refractivity contribution is -0.149. The van der Waals surface area contributed by atoms with Crippen molar-refractivity contribution in [2.24, 2.45) is 16.7 Å². The van der Waals surface area contributed by atoms with Crippen molar-refractivity contribution in [1.29, 1.82) is 0 Å². The maximum Gasteiger partial charge on any atom is 0.379 e. The van der Waals surface area contributed by atoms with Crippen LogP contribution in [-0.2, 0) is 9.53 Å². The largest absolute Gasteiger partial charge is 0.455 e. The molecule has 2 aliphatic carbocycles. The number of carbonyl (C=O) groups is 2. The maximum atomic E-state index is 12.2. The molecule has 3 unspecified atom stereocenters. The van der Waals surface area contributed by atoms with Crippen LogP contribution in [0.2, 0.25) is 0 Å². The molecule has 1 aromatic carbocycles. The minimum Gasteiger partial charge on any atom is -0.455 e. The summed E-state index contributed by atoms with van der Waals surface area (Å²) in [7, 11) is 0. The Morgan fingerprint density at radius 3 is 2.55 bits per heavy atom. The van der Waals surface area contributed by atoms with Gasteiger partial charge in [-0.3, -0.25) is 4.79 Å². The molecule has 2 bridgehead atoms. The molecule has 3 nitrogen and oxygen atoms in total. The second-order valence-corrected chi connectivity index (χ2v) is 7.03. The van der Waals surface area contributed by atoms with Gasteiger partial charge in [0.05, 0.1) is 0 Å². The third-order valence-electron chi connectivity index (χ3n) is 6.03. The van der Waals surface area contributed by atoms with E-state index in [0.29, 0.717) is 11.5 Å². The molecule has 2 saturated carbocycles. The molecule has 3 rings (SSSR count). The molecule has 0 saturated heterocycles. The van der Waals surface area contributed by atoms with E-state index in [1.165, 1.54) is 0 Å². The van der Waals surface area contributed by atoms with Gasteiger partial charge in [0.2, 0.25) is 0 Å². The third kappa shape index (κ3) is 1.95. The van der Waals surface area contributed by atoms with Crippen LogP contribution in [0.15, 0.2) is 43.0 Å². The van der Waals surface area contributed by atoms with Crippen molar-refractivity contribution in [3.05, 3.63) is 48.6 Å². The highest BCUT2D eigenvalue weighted by Gasteiger charge is 2.64. The predicted octanol–water partition coefficient (Wildman–Crippen LogP) is 3.79. The molecule has 0 N–H and O–H groups in total. The number of benzene rings is 1. The van der Waals surface area contributed by atoms with Gasteiger partial charge in [-0.05, 0) is 30.6 Å². The summed E-state index contributed by atoms with van der Waals surface area (Å²) in [5.41, 5.74) is 0.238. The summed E-state index contributed by atoms with van der Waals surface area (Å²) >= 11 is 0. The molecule has 2 fully saturated rings. The highest BCUT2D eigenvalue weighted by Crippen LogP contribution is 2.67. The van der Waals surface area contributed by atoms with Gasteiger partial charge in [0.15, 0.2) is 0 Å². The molecule has 0 heterocycles. The minimum atomic E-state index is -0.749. The zero-order valence-electron chi connectivity index (χ0n) is 13.2. The number of esters is 1. The summed E-state index contributed by atoms with van der Waals surface area (Å²) in [6, 6.07) is 8.57. The van der Waals surface area contributed by atoms with Gasteiger partial charge in [0.1, 0.15) is 6.10 Å². The van der Waals surface area contributed by atoms with Gasteiger partial charge in [-0.2, -0.15) is 0 Å². The highest BCUT2D eigenvalue weighted by atomic mass is 16.5. The maximum absolute atomic E-state index is 12.2. The molecule has 0 aromatic heterocycles. The monoisotopic (exact) mass is 298 g/mol. The average molecular weight is 298 g/mol. The molecule has 2 aliphatic rings. The van der Waals surface area contributed by atoms with E-state index in [2.05, 4.69) is 20.4 Å². The average Bonchev–Trinajstić information content (AvgIpc) is 2.90. The first-order valence-corrected chi connectivity index (χ1v) is 7.86. The Labute approximate surface area is 131 Å². The zero-order chi connectivity index (χ0) is 16.0. The van der Waals surface area contributed by atoms with E-state index in [-0.39, 0.29) is 16.9 Å². The fourth-order valence-electron chi connectivity index (χ4n) is 4.47. The van der Waals surface area contributed by atoms with Crippen LogP contribution >= 0.6 is 0 Å². The lowest BCUT2D eigenvalue weighted by Gasteiger charge is -2.39.